The molecule has 5 heteroatoms. The summed E-state index contributed by atoms with van der Waals surface area (Å²) in [6, 6.07) is 5.90. The van der Waals surface area contributed by atoms with E-state index in [9.17, 15) is 0 Å². The number of hydrogen-bond acceptors (Lipinski definition) is 4. The van der Waals surface area contributed by atoms with Crippen LogP contribution in [0.15, 0.2) is 27.1 Å². The van der Waals surface area contributed by atoms with Crippen LogP contribution >= 0.6 is 15.9 Å². The summed E-state index contributed by atoms with van der Waals surface area (Å²) in [5, 5.41) is 7.43. The van der Waals surface area contributed by atoms with Crippen LogP contribution in [0.25, 0.3) is 11.5 Å². The monoisotopic (exact) mass is 253 g/mol. The van der Waals surface area contributed by atoms with Gasteiger partial charge in [0.1, 0.15) is 0 Å². The molecule has 1 aromatic heterocycles. The van der Waals surface area contributed by atoms with Crippen molar-refractivity contribution in [3.05, 3.63) is 28.2 Å². The number of anilines is 1. The first-order valence-electron chi connectivity index (χ1n) is 4.02. The standard InChI is InChI=1S/C9H8BrN3O/c1-5-4-6(10)2-3-7(5)8-12-13-9(11)14-8/h2-4H,1H3,(H2,11,13). The molecular formula is C9H8BrN3O. The van der Waals surface area contributed by atoms with Crippen molar-refractivity contribution in [2.75, 3.05) is 5.73 Å². The molecule has 1 aromatic carbocycles. The lowest BCUT2D eigenvalue weighted by Gasteiger charge is -2.00. The van der Waals surface area contributed by atoms with Gasteiger partial charge in [0.15, 0.2) is 0 Å². The summed E-state index contributed by atoms with van der Waals surface area (Å²) in [6.07, 6.45) is 0. The van der Waals surface area contributed by atoms with Crippen LogP contribution in [0.5, 0.6) is 0 Å². The maximum atomic E-state index is 5.35. The molecule has 0 atom stereocenters. The highest BCUT2D eigenvalue weighted by Gasteiger charge is 2.08. The molecule has 2 N–H and O–H groups in total. The molecule has 0 aliphatic heterocycles. The Morgan fingerprint density at radius 1 is 1.36 bits per heavy atom. The molecular weight excluding hydrogens is 246 g/mol. The molecule has 2 rings (SSSR count). The van der Waals surface area contributed by atoms with Crippen LogP contribution in [-0.4, -0.2) is 10.2 Å². The third-order valence-electron chi connectivity index (χ3n) is 1.86. The van der Waals surface area contributed by atoms with Crippen molar-refractivity contribution in [1.82, 2.24) is 10.2 Å². The Bertz CT molecular complexity index is 467. The molecule has 0 radical (unpaired) electrons. The van der Waals surface area contributed by atoms with E-state index in [1.807, 2.05) is 25.1 Å². The van der Waals surface area contributed by atoms with Gasteiger partial charge in [-0.05, 0) is 30.7 Å². The highest BCUT2D eigenvalue weighted by Crippen LogP contribution is 2.25. The van der Waals surface area contributed by atoms with E-state index in [-0.39, 0.29) is 6.01 Å². The molecule has 2 aromatic rings. The van der Waals surface area contributed by atoms with Gasteiger partial charge >= 0.3 is 6.01 Å². The molecule has 0 bridgehead atoms. The number of aryl methyl sites for hydroxylation is 1. The minimum absolute atomic E-state index is 0.0855. The number of halogens is 1. The van der Waals surface area contributed by atoms with Crippen molar-refractivity contribution >= 4 is 21.9 Å². The van der Waals surface area contributed by atoms with Crippen LogP contribution in [0.4, 0.5) is 6.01 Å². The van der Waals surface area contributed by atoms with E-state index in [0.717, 1.165) is 15.6 Å². The molecule has 0 aliphatic rings. The number of aromatic nitrogens is 2. The summed E-state index contributed by atoms with van der Waals surface area (Å²) in [5.74, 6) is 0.451. The van der Waals surface area contributed by atoms with Gasteiger partial charge in [0.2, 0.25) is 5.89 Å². The fourth-order valence-corrected chi connectivity index (χ4v) is 1.69. The summed E-state index contributed by atoms with van der Waals surface area (Å²) in [5.41, 5.74) is 7.31. The number of nitrogens with two attached hydrogens (primary N) is 1. The minimum atomic E-state index is 0.0855. The predicted molar refractivity (Wildman–Crippen MR) is 56.6 cm³/mol. The van der Waals surface area contributed by atoms with Crippen LogP contribution in [-0.2, 0) is 0 Å². The maximum absolute atomic E-state index is 5.35. The SMILES string of the molecule is Cc1cc(Br)ccc1-c1nnc(N)o1. The lowest BCUT2D eigenvalue weighted by atomic mass is 10.1. The van der Waals surface area contributed by atoms with Gasteiger partial charge in [-0.3, -0.25) is 0 Å². The first-order chi connectivity index (χ1) is 6.66. The van der Waals surface area contributed by atoms with E-state index in [4.69, 9.17) is 10.2 Å². The van der Waals surface area contributed by atoms with E-state index in [2.05, 4.69) is 26.1 Å². The zero-order chi connectivity index (χ0) is 10.1. The Balaban J connectivity index is 2.52. The van der Waals surface area contributed by atoms with Gasteiger partial charge in [-0.25, -0.2) is 0 Å². The summed E-state index contributed by atoms with van der Waals surface area (Å²) in [6.45, 7) is 1.97. The van der Waals surface area contributed by atoms with Crippen molar-refractivity contribution in [2.24, 2.45) is 0 Å². The van der Waals surface area contributed by atoms with Crippen LogP contribution < -0.4 is 5.73 Å². The molecule has 1 heterocycles. The first-order valence-corrected chi connectivity index (χ1v) is 4.81. The normalized spacial score (nSPS) is 10.4. The van der Waals surface area contributed by atoms with Crippen molar-refractivity contribution in [2.45, 2.75) is 6.92 Å². The number of benzene rings is 1. The smallest absolute Gasteiger partial charge is 0.313 e. The zero-order valence-electron chi connectivity index (χ0n) is 7.49. The molecule has 14 heavy (non-hydrogen) atoms. The molecule has 72 valence electrons. The highest BCUT2D eigenvalue weighted by atomic mass is 79.9. The van der Waals surface area contributed by atoms with Gasteiger partial charge in [0.05, 0.1) is 0 Å². The third-order valence-corrected chi connectivity index (χ3v) is 2.35. The summed E-state index contributed by atoms with van der Waals surface area (Å²) in [7, 11) is 0. The van der Waals surface area contributed by atoms with Crippen LogP contribution in [0.2, 0.25) is 0 Å². The largest absolute Gasteiger partial charge is 0.404 e. The third kappa shape index (κ3) is 1.63. The average molecular weight is 254 g/mol. The molecule has 0 spiro atoms. The second-order valence-corrected chi connectivity index (χ2v) is 3.82. The summed E-state index contributed by atoms with van der Waals surface area (Å²) >= 11 is 3.38. The van der Waals surface area contributed by atoms with Crippen molar-refractivity contribution in [3.63, 3.8) is 0 Å². The van der Waals surface area contributed by atoms with Crippen LogP contribution in [0.1, 0.15) is 5.56 Å². The van der Waals surface area contributed by atoms with E-state index >= 15 is 0 Å². The Kier molecular flexibility index (Phi) is 2.25. The molecule has 0 amide bonds. The fourth-order valence-electron chi connectivity index (χ4n) is 1.21. The molecule has 0 aliphatic carbocycles. The average Bonchev–Trinajstić information content (AvgIpc) is 2.51. The van der Waals surface area contributed by atoms with E-state index in [0.29, 0.717) is 5.89 Å². The van der Waals surface area contributed by atoms with Crippen molar-refractivity contribution in [1.29, 1.82) is 0 Å². The second-order valence-electron chi connectivity index (χ2n) is 2.90. The fraction of sp³-hybridized carbons (Fsp3) is 0.111. The minimum Gasteiger partial charge on any atom is -0.404 e. The molecule has 4 nitrogen and oxygen atoms in total. The van der Waals surface area contributed by atoms with Gasteiger partial charge in [0.25, 0.3) is 0 Å². The molecule has 0 fully saturated rings. The zero-order valence-corrected chi connectivity index (χ0v) is 9.08. The van der Waals surface area contributed by atoms with Crippen molar-refractivity contribution in [3.8, 4) is 11.5 Å². The first kappa shape index (κ1) is 9.21. The van der Waals surface area contributed by atoms with Gasteiger partial charge < -0.3 is 10.2 Å². The molecule has 0 unspecified atom stereocenters. The quantitative estimate of drug-likeness (QED) is 0.848. The molecule has 0 saturated carbocycles. The van der Waals surface area contributed by atoms with Crippen LogP contribution in [0.3, 0.4) is 0 Å². The van der Waals surface area contributed by atoms with E-state index in [1.165, 1.54) is 0 Å². The van der Waals surface area contributed by atoms with E-state index in [1.54, 1.807) is 0 Å². The number of hydrogen-bond donors (Lipinski definition) is 1. The van der Waals surface area contributed by atoms with Crippen LogP contribution in [0, 0.1) is 6.92 Å². The maximum Gasteiger partial charge on any atom is 0.313 e. The summed E-state index contributed by atoms with van der Waals surface area (Å²) < 4.78 is 6.15. The van der Waals surface area contributed by atoms with Gasteiger partial charge in [-0.1, -0.05) is 21.0 Å². The van der Waals surface area contributed by atoms with Gasteiger partial charge in [-0.15, -0.1) is 5.10 Å². The predicted octanol–water partition coefficient (Wildman–Crippen LogP) is 2.39. The molecule has 0 saturated heterocycles. The Hall–Kier alpha value is -1.36. The number of nitrogens with zero attached hydrogens (tertiary/aromatic N) is 2. The number of rotatable bonds is 1. The van der Waals surface area contributed by atoms with Gasteiger partial charge in [-0.2, -0.15) is 0 Å². The topological polar surface area (TPSA) is 64.9 Å². The lowest BCUT2D eigenvalue weighted by molar-refractivity contribution is 0.590. The Morgan fingerprint density at radius 3 is 2.71 bits per heavy atom. The summed E-state index contributed by atoms with van der Waals surface area (Å²) in [4.78, 5) is 0. The Labute approximate surface area is 89.3 Å². The number of nitrogen functional groups attached to an aromatic ring is 1. The van der Waals surface area contributed by atoms with Crippen molar-refractivity contribution < 1.29 is 4.42 Å². The second kappa shape index (κ2) is 3.42. The van der Waals surface area contributed by atoms with Gasteiger partial charge in [0, 0.05) is 10.0 Å². The highest BCUT2D eigenvalue weighted by molar-refractivity contribution is 9.10. The van der Waals surface area contributed by atoms with E-state index < -0.39 is 0 Å². The lowest BCUT2D eigenvalue weighted by Crippen LogP contribution is -1.83. The Morgan fingerprint density at radius 2 is 2.14 bits per heavy atom.